The molecule has 99 heavy (non-hydrogen) atoms. The van der Waals surface area contributed by atoms with Crippen molar-refractivity contribution in [1.29, 1.82) is 0 Å². The first-order valence-electron chi connectivity index (χ1n) is 32.0. The highest BCUT2D eigenvalue weighted by molar-refractivity contribution is 6.01. The fourth-order valence-corrected chi connectivity index (χ4v) is 12.7. The lowest BCUT2D eigenvalue weighted by molar-refractivity contribution is 0.800. The highest BCUT2D eigenvalue weighted by Crippen LogP contribution is 2.49. The van der Waals surface area contributed by atoms with E-state index < -0.39 is 0 Å². The molecule has 474 valence electrons. The second-order valence-electron chi connectivity index (χ2n) is 23.7. The van der Waals surface area contributed by atoms with Crippen LogP contribution in [0.15, 0.2) is 272 Å². The molecule has 3 aliphatic rings. The van der Waals surface area contributed by atoms with E-state index in [0.717, 1.165) is 163 Å². The van der Waals surface area contributed by atoms with Crippen molar-refractivity contribution in [3.63, 3.8) is 0 Å². The molecule has 0 bridgehead atoms. The normalized spacial score (nSPS) is 11.0. The highest BCUT2D eigenvalue weighted by atomic mass is 15.5. The van der Waals surface area contributed by atoms with Crippen molar-refractivity contribution in [3.8, 4) is 136 Å². The third-order valence-corrected chi connectivity index (χ3v) is 17.6. The molecular weight excluding hydrogens is 1220 g/mol. The van der Waals surface area contributed by atoms with Crippen LogP contribution < -0.4 is 0 Å². The Kier molecular flexibility index (Phi) is 17.4. The quantitative estimate of drug-likeness (QED) is 0.0709. The second kappa shape index (κ2) is 27.4. The number of hydrogen-bond acceptors (Lipinski definition) is 9. The molecule has 4 aromatic heterocycles. The summed E-state index contributed by atoms with van der Waals surface area (Å²) in [7, 11) is 0. The van der Waals surface area contributed by atoms with Crippen LogP contribution in [0.1, 0.15) is 57.5 Å². The van der Waals surface area contributed by atoms with Gasteiger partial charge in [0.25, 0.3) is 0 Å². The Morgan fingerprint density at radius 3 is 0.747 bits per heavy atom. The van der Waals surface area contributed by atoms with Gasteiger partial charge in [-0.05, 0) is 116 Å². The standard InChI is InChI=1S/2C30H22N6.C16H8.C7H7N3.CH4/c1-19-11-3-9-17-25(19)35-29-23-15-7-5-13-21(23)28-30(24-16-8-6-14-22(24)27(29)31-33-35)36(34-32-28)26-18-10-4-12-20(26)2;1-19-11-3-9-17-25(19)35-29-23-15-7-8-16-24(23)30-28(22-14-6-5-13-21(22)27(29)31-33-35)32-34-36(30)26-18-10-4-12-20(26)2;1-2-6-14-11-12-16-8-4-3-7-15(16)10-9-13(14)5-1;1-6-4-2-3-5-7(6)9-10-8;/h2*3-18H,1-2H3;1-8H;2-5H,1H3;1H4. The molecule has 4 heterocycles. The van der Waals surface area contributed by atoms with Gasteiger partial charge in [-0.3, -0.25) is 0 Å². The summed E-state index contributed by atoms with van der Waals surface area (Å²) in [5.41, 5.74) is 37.6. The van der Waals surface area contributed by atoms with E-state index in [9.17, 15) is 0 Å². The van der Waals surface area contributed by atoms with E-state index in [1.807, 2.05) is 165 Å². The topological polar surface area (TPSA) is 172 Å². The van der Waals surface area contributed by atoms with Crippen molar-refractivity contribution in [2.45, 2.75) is 42.0 Å². The maximum Gasteiger partial charge on any atom is 0.122 e. The van der Waals surface area contributed by atoms with Gasteiger partial charge in [0.1, 0.15) is 45.6 Å². The minimum absolute atomic E-state index is 0. The van der Waals surface area contributed by atoms with E-state index in [-0.39, 0.29) is 7.43 Å². The molecule has 15 nitrogen and oxygen atoms in total. The second-order valence-corrected chi connectivity index (χ2v) is 23.7. The van der Waals surface area contributed by atoms with Gasteiger partial charge in [0.05, 0.1) is 22.7 Å². The summed E-state index contributed by atoms with van der Waals surface area (Å²) >= 11 is 0. The average molecular weight is 1280 g/mol. The first-order chi connectivity index (χ1) is 48.2. The van der Waals surface area contributed by atoms with Gasteiger partial charge in [-0.1, -0.05) is 275 Å². The van der Waals surface area contributed by atoms with Crippen LogP contribution in [0, 0.1) is 58.3 Å². The molecule has 0 saturated heterocycles. The Morgan fingerprint density at radius 1 is 0.273 bits per heavy atom. The van der Waals surface area contributed by atoms with Gasteiger partial charge in [0, 0.05) is 77.4 Å². The van der Waals surface area contributed by atoms with E-state index in [1.54, 1.807) is 6.07 Å². The molecule has 0 saturated carbocycles. The predicted molar refractivity (Wildman–Crippen MR) is 394 cm³/mol. The van der Waals surface area contributed by atoms with Crippen LogP contribution in [0.3, 0.4) is 0 Å². The molecule has 0 amide bonds. The third-order valence-electron chi connectivity index (χ3n) is 17.6. The number of hydrogen-bond donors (Lipinski definition) is 0. The fourth-order valence-electron chi connectivity index (χ4n) is 12.7. The summed E-state index contributed by atoms with van der Waals surface area (Å²) in [5, 5.41) is 41.2. The number of fused-ring (bicyclic) bond motifs is 18. The zero-order valence-electron chi connectivity index (χ0n) is 54.1. The summed E-state index contributed by atoms with van der Waals surface area (Å²) in [6.07, 6.45) is 0. The third kappa shape index (κ3) is 11.8. The van der Waals surface area contributed by atoms with Gasteiger partial charge in [-0.25, -0.2) is 18.7 Å². The van der Waals surface area contributed by atoms with Gasteiger partial charge in [0.2, 0.25) is 0 Å². The van der Waals surface area contributed by atoms with Gasteiger partial charge in [0.15, 0.2) is 0 Å². The SMILES string of the molecule is C.C1#Cc2ccccc2C#Cc2ccccc21.Cc1ccccc1-n1nnc2c1-c1ccccc1-c1c(nnn1-c1ccccc1C)-c1ccccc1-2.Cc1ccccc1-n1nnc2c1-c1ccccc1-c1nnn(-c3ccccc3C)c1-c1ccccc1-2.Cc1ccccc1N=[N+]=[N-]. The predicted octanol–water partition coefficient (Wildman–Crippen LogP) is 19.3. The zero-order chi connectivity index (χ0) is 66.6. The maximum atomic E-state index is 8.10. The smallest absolute Gasteiger partial charge is 0.122 e. The van der Waals surface area contributed by atoms with Crippen LogP contribution in [-0.4, -0.2) is 60.0 Å². The first kappa shape index (κ1) is 62.8. The van der Waals surface area contributed by atoms with Crippen LogP contribution in [0.2, 0.25) is 0 Å². The molecule has 15 aromatic rings. The molecule has 0 radical (unpaired) electrons. The Hall–Kier alpha value is -13.6. The maximum absolute atomic E-state index is 8.10. The summed E-state index contributed by atoms with van der Waals surface area (Å²) in [5.74, 6) is 12.7. The van der Waals surface area contributed by atoms with Gasteiger partial charge in [-0.15, -0.1) is 20.4 Å². The Balaban J connectivity index is 0.000000124. The van der Waals surface area contributed by atoms with Crippen molar-refractivity contribution in [3.05, 3.63) is 327 Å². The molecule has 0 spiro atoms. The van der Waals surface area contributed by atoms with E-state index in [0.29, 0.717) is 5.69 Å². The van der Waals surface area contributed by atoms with E-state index >= 15 is 0 Å². The lowest BCUT2D eigenvalue weighted by atomic mass is 9.89. The molecule has 0 atom stereocenters. The molecule has 15 heteroatoms. The highest BCUT2D eigenvalue weighted by Gasteiger charge is 2.33. The molecule has 0 fully saturated rings. The molecule has 0 unspecified atom stereocenters. The summed E-state index contributed by atoms with van der Waals surface area (Å²) < 4.78 is 7.84. The Morgan fingerprint density at radius 2 is 0.485 bits per heavy atom. The fraction of sp³-hybridized carbons (Fsp3) is 0.0714. The van der Waals surface area contributed by atoms with Gasteiger partial charge in [-0.2, -0.15) is 0 Å². The zero-order valence-corrected chi connectivity index (χ0v) is 54.1. The van der Waals surface area contributed by atoms with E-state index in [2.05, 4.69) is 204 Å². The lowest BCUT2D eigenvalue weighted by Gasteiger charge is -2.19. The molecule has 0 N–H and O–H groups in total. The van der Waals surface area contributed by atoms with Gasteiger partial charge >= 0.3 is 0 Å². The number of para-hydroxylation sites is 4. The lowest BCUT2D eigenvalue weighted by Crippen LogP contribution is -2.06. The van der Waals surface area contributed by atoms with Crippen molar-refractivity contribution in [2.75, 3.05) is 0 Å². The molecule has 11 aromatic carbocycles. The average Bonchev–Trinajstić information content (AvgIpc) is 1.55. The first-order valence-corrected chi connectivity index (χ1v) is 32.0. The van der Waals surface area contributed by atoms with Gasteiger partial charge < -0.3 is 0 Å². The number of aryl methyl sites for hydroxylation is 5. The minimum atomic E-state index is 0. The van der Waals surface area contributed by atoms with Crippen LogP contribution in [0.4, 0.5) is 5.69 Å². The van der Waals surface area contributed by atoms with Crippen molar-refractivity contribution in [1.82, 2.24) is 60.0 Å². The number of rotatable bonds is 5. The monoisotopic (exact) mass is 1280 g/mol. The summed E-state index contributed by atoms with van der Waals surface area (Å²) in [6, 6.07) is 89.8. The Bertz CT molecular complexity index is 5400. The molecule has 18 rings (SSSR count). The van der Waals surface area contributed by atoms with Crippen LogP contribution in [0.25, 0.3) is 123 Å². The molecule has 0 aliphatic heterocycles. The molecule has 3 aliphatic carbocycles. The largest absolute Gasteiger partial charge is 0.212 e. The van der Waals surface area contributed by atoms with Crippen LogP contribution in [0.5, 0.6) is 0 Å². The number of nitrogens with zero attached hydrogens (tertiary/aromatic N) is 15. The van der Waals surface area contributed by atoms with Crippen molar-refractivity contribution < 1.29 is 0 Å². The van der Waals surface area contributed by atoms with Crippen molar-refractivity contribution in [2.24, 2.45) is 5.11 Å². The Labute approximate surface area is 573 Å². The van der Waals surface area contributed by atoms with Crippen LogP contribution in [-0.2, 0) is 0 Å². The number of benzene rings is 11. The summed E-state index contributed by atoms with van der Waals surface area (Å²) in [4.78, 5) is 2.69. The van der Waals surface area contributed by atoms with E-state index in [1.165, 1.54) is 0 Å². The molecular formula is C84H63N15. The summed E-state index contributed by atoms with van der Waals surface area (Å²) in [6.45, 7) is 10.3. The van der Waals surface area contributed by atoms with Crippen LogP contribution >= 0.6 is 0 Å². The minimum Gasteiger partial charge on any atom is -0.212 e. The number of aromatic nitrogens is 12. The van der Waals surface area contributed by atoms with Crippen molar-refractivity contribution >= 4 is 5.69 Å². The number of azide groups is 1. The van der Waals surface area contributed by atoms with E-state index in [4.69, 9.17) is 25.9 Å².